The second-order valence-electron chi connectivity index (χ2n) is 4.31. The van der Waals surface area contributed by atoms with E-state index in [1.807, 2.05) is 6.07 Å². The van der Waals surface area contributed by atoms with Crippen molar-refractivity contribution in [2.24, 2.45) is 0 Å². The second kappa shape index (κ2) is 5.17. The monoisotopic (exact) mass is 217 g/mol. The normalized spacial score (nSPS) is 16.1. The number of rotatable bonds is 3. The van der Waals surface area contributed by atoms with Gasteiger partial charge in [-0.3, -0.25) is 4.79 Å². The van der Waals surface area contributed by atoms with Gasteiger partial charge in [-0.2, -0.15) is 0 Å². The standard InChI is InChI=1S/C12H16BNO2/c15-12(14-11-6-1-2-7-11)9-4-3-5-10(8-9)13-16/h3-5,8,11,13,16H,1-2,6-7H2,(H,14,15). The highest BCUT2D eigenvalue weighted by molar-refractivity contribution is 6.45. The Morgan fingerprint density at radius 3 is 2.81 bits per heavy atom. The molecule has 1 aromatic carbocycles. The molecule has 0 spiro atoms. The van der Waals surface area contributed by atoms with E-state index in [1.54, 1.807) is 18.2 Å². The first-order chi connectivity index (χ1) is 7.79. The predicted octanol–water partition coefficient (Wildman–Crippen LogP) is 0.328. The Hall–Kier alpha value is -1.29. The number of nitrogens with one attached hydrogen (secondary N) is 1. The maximum Gasteiger partial charge on any atom is 0.304 e. The molecule has 84 valence electrons. The molecule has 0 bridgehead atoms. The first kappa shape index (κ1) is 11.2. The van der Waals surface area contributed by atoms with Crippen molar-refractivity contribution in [3.63, 3.8) is 0 Å². The third-order valence-corrected chi connectivity index (χ3v) is 3.06. The van der Waals surface area contributed by atoms with Crippen molar-refractivity contribution >= 4 is 18.9 Å². The summed E-state index contributed by atoms with van der Waals surface area (Å²) in [6.45, 7) is 0. The van der Waals surface area contributed by atoms with E-state index < -0.39 is 0 Å². The molecule has 4 heteroatoms. The maximum absolute atomic E-state index is 11.9. The smallest absolute Gasteiger partial charge is 0.304 e. The molecule has 0 radical (unpaired) electrons. The zero-order valence-electron chi connectivity index (χ0n) is 9.28. The molecule has 0 aromatic heterocycles. The van der Waals surface area contributed by atoms with Crippen LogP contribution in [0.4, 0.5) is 0 Å². The summed E-state index contributed by atoms with van der Waals surface area (Å²) in [4.78, 5) is 11.9. The number of hydrogen-bond acceptors (Lipinski definition) is 2. The van der Waals surface area contributed by atoms with Gasteiger partial charge in [-0.25, -0.2) is 0 Å². The SMILES string of the molecule is O=C(NC1CCCC1)c1cccc(BO)c1. The zero-order valence-corrected chi connectivity index (χ0v) is 9.28. The summed E-state index contributed by atoms with van der Waals surface area (Å²) in [7, 11) is -0.0233. The van der Waals surface area contributed by atoms with Crippen LogP contribution in [-0.4, -0.2) is 24.5 Å². The van der Waals surface area contributed by atoms with Gasteiger partial charge in [0, 0.05) is 11.6 Å². The molecule has 1 aliphatic carbocycles. The van der Waals surface area contributed by atoms with Crippen LogP contribution < -0.4 is 10.8 Å². The largest absolute Gasteiger partial charge is 0.449 e. The van der Waals surface area contributed by atoms with Gasteiger partial charge >= 0.3 is 7.48 Å². The van der Waals surface area contributed by atoms with Crippen LogP contribution in [0.15, 0.2) is 24.3 Å². The Morgan fingerprint density at radius 2 is 2.12 bits per heavy atom. The van der Waals surface area contributed by atoms with Crippen LogP contribution in [0.1, 0.15) is 36.0 Å². The quantitative estimate of drug-likeness (QED) is 0.716. The molecule has 1 saturated carbocycles. The van der Waals surface area contributed by atoms with Crippen molar-refractivity contribution in [1.29, 1.82) is 0 Å². The minimum absolute atomic E-state index is 0.0233. The van der Waals surface area contributed by atoms with Gasteiger partial charge in [0.25, 0.3) is 5.91 Å². The third-order valence-electron chi connectivity index (χ3n) is 3.06. The van der Waals surface area contributed by atoms with Gasteiger partial charge in [-0.15, -0.1) is 0 Å². The molecule has 16 heavy (non-hydrogen) atoms. The average molecular weight is 217 g/mol. The van der Waals surface area contributed by atoms with Crippen molar-refractivity contribution in [2.75, 3.05) is 0 Å². The van der Waals surface area contributed by atoms with Crippen LogP contribution in [0.5, 0.6) is 0 Å². The van der Waals surface area contributed by atoms with Crippen LogP contribution in [-0.2, 0) is 0 Å². The summed E-state index contributed by atoms with van der Waals surface area (Å²) in [5.74, 6) is -0.0257. The van der Waals surface area contributed by atoms with Crippen LogP contribution in [0.25, 0.3) is 0 Å². The van der Waals surface area contributed by atoms with E-state index in [0.29, 0.717) is 11.6 Å². The molecule has 0 heterocycles. The van der Waals surface area contributed by atoms with Crippen molar-refractivity contribution in [3.8, 4) is 0 Å². The lowest BCUT2D eigenvalue weighted by atomic mass is 9.87. The fourth-order valence-electron chi connectivity index (χ4n) is 2.15. The first-order valence-corrected chi connectivity index (χ1v) is 5.80. The fraction of sp³-hybridized carbons (Fsp3) is 0.417. The summed E-state index contributed by atoms with van der Waals surface area (Å²) < 4.78 is 0. The minimum Gasteiger partial charge on any atom is -0.449 e. The summed E-state index contributed by atoms with van der Waals surface area (Å²) in [5.41, 5.74) is 1.41. The fourth-order valence-corrected chi connectivity index (χ4v) is 2.15. The molecule has 1 amide bonds. The highest BCUT2D eigenvalue weighted by Gasteiger charge is 2.17. The molecule has 1 aromatic rings. The maximum atomic E-state index is 11.9. The van der Waals surface area contributed by atoms with E-state index in [1.165, 1.54) is 12.8 Å². The van der Waals surface area contributed by atoms with E-state index >= 15 is 0 Å². The molecule has 2 N–H and O–H groups in total. The molecule has 0 unspecified atom stereocenters. The highest BCUT2D eigenvalue weighted by atomic mass is 16.2. The van der Waals surface area contributed by atoms with Gasteiger partial charge in [0.2, 0.25) is 0 Å². The molecule has 0 atom stereocenters. The lowest BCUT2D eigenvalue weighted by Gasteiger charge is -2.12. The van der Waals surface area contributed by atoms with E-state index in [-0.39, 0.29) is 13.4 Å². The van der Waals surface area contributed by atoms with Crippen molar-refractivity contribution in [2.45, 2.75) is 31.7 Å². The number of carbonyl (C=O) groups excluding carboxylic acids is 1. The number of hydrogen-bond donors (Lipinski definition) is 2. The Balaban J connectivity index is 2.01. The molecule has 0 saturated heterocycles. The molecule has 3 nitrogen and oxygen atoms in total. The number of benzene rings is 1. The van der Waals surface area contributed by atoms with Crippen LogP contribution in [0, 0.1) is 0 Å². The van der Waals surface area contributed by atoms with Crippen LogP contribution in [0.2, 0.25) is 0 Å². The zero-order chi connectivity index (χ0) is 11.4. The van der Waals surface area contributed by atoms with Crippen LogP contribution in [0.3, 0.4) is 0 Å². The van der Waals surface area contributed by atoms with E-state index in [9.17, 15) is 4.79 Å². The van der Waals surface area contributed by atoms with Gasteiger partial charge < -0.3 is 10.3 Å². The molecule has 1 fully saturated rings. The first-order valence-electron chi connectivity index (χ1n) is 5.80. The average Bonchev–Trinajstić information content (AvgIpc) is 2.82. The number of amides is 1. The highest BCUT2D eigenvalue weighted by Crippen LogP contribution is 2.17. The third kappa shape index (κ3) is 2.64. The van der Waals surface area contributed by atoms with Gasteiger partial charge in [0.15, 0.2) is 0 Å². The molecular weight excluding hydrogens is 201 g/mol. The van der Waals surface area contributed by atoms with Gasteiger partial charge in [0.05, 0.1) is 0 Å². The minimum atomic E-state index is -0.0257. The number of carbonyl (C=O) groups is 1. The van der Waals surface area contributed by atoms with Crippen molar-refractivity contribution < 1.29 is 9.82 Å². The summed E-state index contributed by atoms with van der Waals surface area (Å²) in [6, 6.07) is 7.47. The van der Waals surface area contributed by atoms with Crippen molar-refractivity contribution in [1.82, 2.24) is 5.32 Å². The second-order valence-corrected chi connectivity index (χ2v) is 4.31. The Bertz CT molecular complexity index is 375. The Morgan fingerprint density at radius 1 is 1.38 bits per heavy atom. The van der Waals surface area contributed by atoms with Gasteiger partial charge in [0.1, 0.15) is 0 Å². The van der Waals surface area contributed by atoms with Gasteiger partial charge in [-0.05, 0) is 18.9 Å². The Kier molecular flexibility index (Phi) is 3.62. The lowest BCUT2D eigenvalue weighted by Crippen LogP contribution is -2.33. The lowest BCUT2D eigenvalue weighted by molar-refractivity contribution is 0.0938. The summed E-state index contributed by atoms with van der Waals surface area (Å²) in [6.07, 6.45) is 4.60. The van der Waals surface area contributed by atoms with E-state index in [0.717, 1.165) is 18.3 Å². The molecule has 1 aliphatic rings. The predicted molar refractivity (Wildman–Crippen MR) is 65.2 cm³/mol. The van der Waals surface area contributed by atoms with E-state index in [4.69, 9.17) is 5.02 Å². The topological polar surface area (TPSA) is 49.3 Å². The van der Waals surface area contributed by atoms with Crippen LogP contribution >= 0.6 is 0 Å². The molecular formula is C12H16BNO2. The Labute approximate surface area is 96.1 Å². The van der Waals surface area contributed by atoms with Crippen molar-refractivity contribution in [3.05, 3.63) is 29.8 Å². The molecule has 0 aliphatic heterocycles. The van der Waals surface area contributed by atoms with Gasteiger partial charge in [-0.1, -0.05) is 36.5 Å². The summed E-state index contributed by atoms with van der Waals surface area (Å²) in [5, 5.41) is 12.0. The van der Waals surface area contributed by atoms with E-state index in [2.05, 4.69) is 5.32 Å². The molecule has 2 rings (SSSR count). The summed E-state index contributed by atoms with van der Waals surface area (Å²) >= 11 is 0.